The van der Waals surface area contributed by atoms with Crippen molar-refractivity contribution in [3.8, 4) is 23.0 Å². The van der Waals surface area contributed by atoms with Gasteiger partial charge in [-0.2, -0.15) is 0 Å². The Bertz CT molecular complexity index is 1610. The number of ether oxygens (including phenoxy) is 2. The average Bonchev–Trinajstić information content (AvgIpc) is 3.79. The monoisotopic (exact) mass is 614 g/mol. The number of fused-ring (bicyclic) bond motifs is 2. The minimum absolute atomic E-state index is 0.261. The minimum atomic E-state index is -1.21. The second kappa shape index (κ2) is 14.8. The molecule has 1 N–H and O–H groups in total. The minimum Gasteiger partial charge on any atom is -0.493 e. The number of aromatic nitrogens is 3. The molecule has 7 nitrogen and oxygen atoms in total. The van der Waals surface area contributed by atoms with Crippen LogP contribution < -0.4 is 19.1 Å². The van der Waals surface area contributed by atoms with Crippen molar-refractivity contribution < 1.29 is 14.0 Å². The standard InChI is InChI=1S/C24H25N2O3P.C6H9N.C4H6NP/c1-5-6-15-25-30(26-16-7-8-17-26)29-21-14-10-12-19-23(21)28-22-18(24(19,2)3)11-9-13-20(22)27-4;1-6-4-3-5-7(6)2;6-5-3-1-2-4-5/h5-17,25H,1H2,2-4H3;3-5H,1-2H3;1-4H,6H2/b15-6-;;. The van der Waals surface area contributed by atoms with Gasteiger partial charge >= 0.3 is 8.45 Å². The molecule has 3 aromatic heterocycles. The predicted octanol–water partition coefficient (Wildman–Crippen LogP) is 8.83. The molecular weight excluding hydrogens is 574 g/mol. The van der Waals surface area contributed by atoms with E-state index < -0.39 is 8.45 Å². The molecule has 1 aliphatic heterocycles. The Balaban J connectivity index is 0.000000266. The van der Waals surface area contributed by atoms with Crippen LogP contribution in [0.25, 0.3) is 0 Å². The number of nitrogens with one attached hydrogen (secondary N) is 1. The van der Waals surface area contributed by atoms with Crippen molar-refractivity contribution in [1.82, 2.24) is 18.3 Å². The van der Waals surface area contributed by atoms with Gasteiger partial charge in [0.15, 0.2) is 23.0 Å². The van der Waals surface area contributed by atoms with E-state index in [4.69, 9.17) is 14.0 Å². The highest BCUT2D eigenvalue weighted by Crippen LogP contribution is 2.55. The molecule has 0 saturated carbocycles. The molecule has 0 spiro atoms. The zero-order chi connectivity index (χ0) is 30.8. The van der Waals surface area contributed by atoms with Crippen LogP contribution in [0.3, 0.4) is 0 Å². The summed E-state index contributed by atoms with van der Waals surface area (Å²) in [5, 5.41) is 3.31. The van der Waals surface area contributed by atoms with Crippen molar-refractivity contribution in [2.24, 2.45) is 7.05 Å². The summed E-state index contributed by atoms with van der Waals surface area (Å²) in [5.41, 5.74) is 3.21. The van der Waals surface area contributed by atoms with Crippen molar-refractivity contribution in [1.29, 1.82) is 0 Å². The zero-order valence-electron chi connectivity index (χ0n) is 25.3. The Labute approximate surface area is 258 Å². The SMILES string of the molecule is C=C/C=C\NP(Oc1cccc2c1Oc1c(OC)cccc1C2(C)C)n1cccc1.Cc1cccn1C.Pn1cccc1. The fourth-order valence-electron chi connectivity index (χ4n) is 4.46. The van der Waals surface area contributed by atoms with Crippen molar-refractivity contribution in [3.63, 3.8) is 0 Å². The molecule has 9 heteroatoms. The molecule has 224 valence electrons. The number of hydrogen-bond donors (Lipinski definition) is 1. The molecule has 6 rings (SSSR count). The van der Waals surface area contributed by atoms with Crippen molar-refractivity contribution in [2.75, 3.05) is 7.11 Å². The molecule has 2 aromatic carbocycles. The largest absolute Gasteiger partial charge is 0.493 e. The lowest BCUT2D eigenvalue weighted by Gasteiger charge is -2.36. The molecule has 0 fully saturated rings. The maximum atomic E-state index is 6.45. The van der Waals surface area contributed by atoms with Crippen LogP contribution in [0.2, 0.25) is 0 Å². The lowest BCUT2D eigenvalue weighted by Crippen LogP contribution is -2.25. The van der Waals surface area contributed by atoms with Crippen LogP contribution in [0.4, 0.5) is 0 Å². The lowest BCUT2D eigenvalue weighted by molar-refractivity contribution is 0.350. The maximum absolute atomic E-state index is 6.45. The van der Waals surface area contributed by atoms with Crippen LogP contribution >= 0.6 is 17.8 Å². The Morgan fingerprint density at radius 1 is 0.860 bits per heavy atom. The van der Waals surface area contributed by atoms with Crippen molar-refractivity contribution in [3.05, 3.63) is 146 Å². The second-order valence-corrected chi connectivity index (χ2v) is 12.3. The predicted molar refractivity (Wildman–Crippen MR) is 181 cm³/mol. The number of para-hydroxylation sites is 2. The normalized spacial score (nSPS) is 13.2. The zero-order valence-corrected chi connectivity index (χ0v) is 27.4. The molecule has 0 amide bonds. The lowest BCUT2D eigenvalue weighted by atomic mass is 9.75. The summed E-state index contributed by atoms with van der Waals surface area (Å²) in [7, 11) is 5.02. The molecule has 1 aliphatic rings. The molecule has 0 bridgehead atoms. The fraction of sp³-hybridized carbons (Fsp3) is 0.176. The van der Waals surface area contributed by atoms with Gasteiger partial charge in [-0.1, -0.05) is 50.8 Å². The third-order valence-electron chi connectivity index (χ3n) is 6.96. The first kappa shape index (κ1) is 31.7. The first-order valence-electron chi connectivity index (χ1n) is 13.9. The van der Waals surface area contributed by atoms with E-state index in [-0.39, 0.29) is 5.41 Å². The number of allylic oxidation sites excluding steroid dienone is 2. The molecule has 0 aliphatic carbocycles. The molecule has 0 radical (unpaired) electrons. The van der Waals surface area contributed by atoms with Crippen LogP contribution in [0.1, 0.15) is 30.7 Å². The van der Waals surface area contributed by atoms with Crippen LogP contribution in [-0.2, 0) is 12.5 Å². The number of nitrogens with zero attached hydrogens (tertiary/aromatic N) is 3. The highest BCUT2D eigenvalue weighted by molar-refractivity contribution is 7.49. The van der Waals surface area contributed by atoms with E-state index in [9.17, 15) is 0 Å². The second-order valence-electron chi connectivity index (χ2n) is 10.2. The van der Waals surface area contributed by atoms with Gasteiger partial charge in [0.2, 0.25) is 0 Å². The average molecular weight is 615 g/mol. The number of rotatable bonds is 7. The number of hydrogen-bond acceptors (Lipinski definition) is 4. The maximum Gasteiger partial charge on any atom is 0.310 e. The van der Waals surface area contributed by atoms with Crippen molar-refractivity contribution >= 4 is 17.8 Å². The third-order valence-corrected chi connectivity index (χ3v) is 8.73. The van der Waals surface area contributed by atoms with Gasteiger partial charge in [-0.3, -0.25) is 4.34 Å². The van der Waals surface area contributed by atoms with E-state index in [1.165, 1.54) is 5.69 Å². The van der Waals surface area contributed by atoms with Crippen LogP contribution in [0.15, 0.2) is 129 Å². The van der Waals surface area contributed by atoms with Crippen LogP contribution in [0.5, 0.6) is 23.0 Å². The van der Waals surface area contributed by atoms with E-state index in [0.717, 1.165) is 16.9 Å². The molecule has 0 saturated heterocycles. The summed E-state index contributed by atoms with van der Waals surface area (Å²) < 4.78 is 24.4. The smallest absolute Gasteiger partial charge is 0.310 e. The quantitative estimate of drug-likeness (QED) is 0.147. The van der Waals surface area contributed by atoms with Gasteiger partial charge in [-0.15, -0.1) is 0 Å². The number of methoxy groups -OCH3 is 1. The molecular formula is C34H40N4O3P2. The summed E-state index contributed by atoms with van der Waals surface area (Å²) >= 11 is 0. The van der Waals surface area contributed by atoms with Gasteiger partial charge in [0.25, 0.3) is 0 Å². The molecule has 5 aromatic rings. The third kappa shape index (κ3) is 7.81. The first-order chi connectivity index (χ1) is 20.8. The topological polar surface area (TPSA) is 54.5 Å². The van der Waals surface area contributed by atoms with Crippen LogP contribution in [0, 0.1) is 6.92 Å². The molecule has 4 heterocycles. The Kier molecular flexibility index (Phi) is 10.9. The fourth-order valence-corrected chi connectivity index (χ4v) is 5.87. The van der Waals surface area contributed by atoms with E-state index in [1.54, 1.807) is 13.2 Å². The summed E-state index contributed by atoms with van der Waals surface area (Å²) in [4.78, 5) is 0. The Morgan fingerprint density at radius 3 is 1.95 bits per heavy atom. The summed E-state index contributed by atoms with van der Waals surface area (Å²) in [6.45, 7) is 10.2. The Morgan fingerprint density at radius 2 is 1.47 bits per heavy atom. The highest BCUT2D eigenvalue weighted by atomic mass is 31.2. The van der Waals surface area contributed by atoms with Gasteiger partial charge in [0.1, 0.15) is 0 Å². The summed E-state index contributed by atoms with van der Waals surface area (Å²) in [5.74, 6) is 2.84. The van der Waals surface area contributed by atoms with E-state index in [0.29, 0.717) is 17.2 Å². The van der Waals surface area contributed by atoms with E-state index in [2.05, 4.69) is 64.6 Å². The van der Waals surface area contributed by atoms with Gasteiger partial charge in [0.05, 0.1) is 7.11 Å². The summed E-state index contributed by atoms with van der Waals surface area (Å²) in [6, 6.07) is 24.1. The van der Waals surface area contributed by atoms with Gasteiger partial charge in [-0.05, 0) is 70.9 Å². The van der Waals surface area contributed by atoms with Gasteiger partial charge < -0.3 is 28.0 Å². The van der Waals surface area contributed by atoms with Gasteiger partial charge in [-0.25, -0.2) is 0 Å². The summed E-state index contributed by atoms with van der Waals surface area (Å²) in [6.07, 6.45) is 15.3. The number of aryl methyl sites for hydroxylation is 2. The molecule has 43 heavy (non-hydrogen) atoms. The van der Waals surface area contributed by atoms with Crippen molar-refractivity contribution in [2.45, 2.75) is 26.2 Å². The van der Waals surface area contributed by atoms with Gasteiger partial charge in [0, 0.05) is 66.5 Å². The van der Waals surface area contributed by atoms with Crippen LogP contribution in [-0.4, -0.2) is 20.4 Å². The molecule has 2 unspecified atom stereocenters. The van der Waals surface area contributed by atoms with E-state index in [1.807, 2.05) is 114 Å². The number of benzene rings is 2. The van der Waals surface area contributed by atoms with E-state index >= 15 is 0 Å². The first-order valence-corrected chi connectivity index (χ1v) is 15.6. The highest BCUT2D eigenvalue weighted by Gasteiger charge is 2.37. The molecule has 2 atom stereocenters. The Hall–Kier alpha value is -4.18.